The first-order valence-electron chi connectivity index (χ1n) is 12.3. The quantitative estimate of drug-likeness (QED) is 0.214. The Hall–Kier alpha value is -2.90. The van der Waals surface area contributed by atoms with Crippen molar-refractivity contribution >= 4 is 34.7 Å². The number of ether oxygens (including phenoxy) is 1. The number of benzene rings is 1. The highest BCUT2D eigenvalue weighted by atomic mass is 32.2. The van der Waals surface area contributed by atoms with Gasteiger partial charge in [-0.05, 0) is 30.5 Å². The minimum absolute atomic E-state index is 0.0114. The average Bonchev–Trinajstić information content (AvgIpc) is 3.44. The number of aliphatic hydroxyl groups is 2. The van der Waals surface area contributed by atoms with Crippen LogP contribution >= 0.6 is 11.8 Å². The van der Waals surface area contributed by atoms with Crippen molar-refractivity contribution in [3.8, 4) is 0 Å². The molecule has 2 aromatic heterocycles. The Morgan fingerprint density at radius 3 is 2.73 bits per heavy atom. The van der Waals surface area contributed by atoms with E-state index in [1.54, 1.807) is 13.0 Å². The molecule has 37 heavy (non-hydrogen) atoms. The summed E-state index contributed by atoms with van der Waals surface area (Å²) in [5.41, 5.74) is 1.45. The minimum atomic E-state index is -1.27. The third-order valence-corrected chi connectivity index (χ3v) is 7.76. The van der Waals surface area contributed by atoms with Crippen LogP contribution in [0.2, 0.25) is 0 Å². The third-order valence-electron chi connectivity index (χ3n) is 6.71. The maximum absolute atomic E-state index is 13.7. The first-order valence-corrected chi connectivity index (χ1v) is 13.3. The molecule has 2 heterocycles. The van der Waals surface area contributed by atoms with Crippen LogP contribution in [0.15, 0.2) is 23.4 Å². The monoisotopic (exact) mass is 534 g/mol. The fourth-order valence-electron chi connectivity index (χ4n) is 4.61. The SMILES string of the molecule is CCCSc1nc(N[C@@H]2C[C@H]2c2ccc(F)c(F)c2)c2nnn([C@@H]3C[C@H](OC(=O)CC)[C@@H](O)[C@H]3O)c2n1. The van der Waals surface area contributed by atoms with Crippen LogP contribution in [0, 0.1) is 11.6 Å². The van der Waals surface area contributed by atoms with Gasteiger partial charge in [-0.15, -0.1) is 5.10 Å². The topological polar surface area (TPSA) is 135 Å². The number of fused-ring (bicyclic) bond motifs is 1. The highest BCUT2D eigenvalue weighted by molar-refractivity contribution is 7.99. The van der Waals surface area contributed by atoms with E-state index in [1.807, 2.05) is 6.92 Å². The zero-order valence-corrected chi connectivity index (χ0v) is 21.2. The fourth-order valence-corrected chi connectivity index (χ4v) is 5.31. The molecule has 2 saturated carbocycles. The molecule has 2 fully saturated rings. The number of esters is 1. The van der Waals surface area contributed by atoms with Gasteiger partial charge in [0.25, 0.3) is 0 Å². The van der Waals surface area contributed by atoms with Gasteiger partial charge < -0.3 is 20.3 Å². The Bertz CT molecular complexity index is 1310. The van der Waals surface area contributed by atoms with Crippen molar-refractivity contribution < 1.29 is 28.5 Å². The molecule has 1 aromatic carbocycles. The number of aliphatic hydroxyl groups excluding tert-OH is 2. The Labute approximate surface area is 215 Å². The second-order valence-corrected chi connectivity index (χ2v) is 10.4. The Balaban J connectivity index is 1.43. The van der Waals surface area contributed by atoms with E-state index in [0.29, 0.717) is 34.1 Å². The molecule has 3 N–H and O–H groups in total. The third kappa shape index (κ3) is 5.12. The number of hydrogen-bond acceptors (Lipinski definition) is 10. The summed E-state index contributed by atoms with van der Waals surface area (Å²) in [7, 11) is 0. The molecule has 0 spiro atoms. The number of thioether (sulfide) groups is 1. The van der Waals surface area contributed by atoms with Gasteiger partial charge in [-0.25, -0.2) is 23.4 Å². The van der Waals surface area contributed by atoms with E-state index in [4.69, 9.17) is 4.74 Å². The number of nitrogens with one attached hydrogen (secondary N) is 1. The zero-order chi connectivity index (χ0) is 26.3. The molecule has 0 unspecified atom stereocenters. The molecule has 0 aliphatic heterocycles. The lowest BCUT2D eigenvalue weighted by Gasteiger charge is -2.17. The molecule has 0 bridgehead atoms. The van der Waals surface area contributed by atoms with Crippen LogP contribution in [-0.2, 0) is 9.53 Å². The summed E-state index contributed by atoms with van der Waals surface area (Å²) in [6.45, 7) is 3.70. The second kappa shape index (κ2) is 10.5. The number of nitrogens with zero attached hydrogens (tertiary/aromatic N) is 5. The van der Waals surface area contributed by atoms with Crippen molar-refractivity contribution in [3.63, 3.8) is 0 Å². The highest BCUT2D eigenvalue weighted by Gasteiger charge is 2.46. The van der Waals surface area contributed by atoms with E-state index in [1.165, 1.54) is 22.5 Å². The number of hydrogen-bond donors (Lipinski definition) is 3. The molecule has 0 saturated heterocycles. The van der Waals surface area contributed by atoms with Crippen LogP contribution in [0.3, 0.4) is 0 Å². The summed E-state index contributed by atoms with van der Waals surface area (Å²) in [5, 5.41) is 33.5. The maximum Gasteiger partial charge on any atom is 0.305 e. The Kier molecular flexibility index (Phi) is 7.28. The summed E-state index contributed by atoms with van der Waals surface area (Å²) in [5.74, 6) is -1.00. The molecule has 5 rings (SSSR count). The smallest absolute Gasteiger partial charge is 0.305 e. The lowest BCUT2D eigenvalue weighted by Crippen LogP contribution is -2.34. The molecule has 2 aliphatic rings. The summed E-state index contributed by atoms with van der Waals surface area (Å²) in [4.78, 5) is 21.0. The maximum atomic E-state index is 13.7. The lowest BCUT2D eigenvalue weighted by molar-refractivity contribution is -0.154. The zero-order valence-electron chi connectivity index (χ0n) is 20.3. The van der Waals surface area contributed by atoms with Crippen LogP contribution in [-0.4, -0.2) is 71.3 Å². The van der Waals surface area contributed by atoms with Crippen LogP contribution in [0.4, 0.5) is 14.6 Å². The molecule has 0 amide bonds. The number of anilines is 1. The molecule has 10 nitrogen and oxygen atoms in total. The first kappa shape index (κ1) is 25.7. The summed E-state index contributed by atoms with van der Waals surface area (Å²) in [6, 6.07) is 3.14. The van der Waals surface area contributed by atoms with Crippen molar-refractivity contribution in [3.05, 3.63) is 35.4 Å². The van der Waals surface area contributed by atoms with Crippen molar-refractivity contribution in [1.29, 1.82) is 0 Å². The Morgan fingerprint density at radius 2 is 2.00 bits per heavy atom. The van der Waals surface area contributed by atoms with Gasteiger partial charge >= 0.3 is 5.97 Å². The molecule has 0 radical (unpaired) electrons. The summed E-state index contributed by atoms with van der Waals surface area (Å²) >= 11 is 1.46. The van der Waals surface area contributed by atoms with Gasteiger partial charge in [-0.1, -0.05) is 36.9 Å². The largest absolute Gasteiger partial charge is 0.459 e. The van der Waals surface area contributed by atoms with Gasteiger partial charge in [0.1, 0.15) is 18.3 Å². The van der Waals surface area contributed by atoms with Gasteiger partial charge in [0.05, 0.1) is 6.04 Å². The predicted molar refractivity (Wildman–Crippen MR) is 131 cm³/mol. The van der Waals surface area contributed by atoms with Gasteiger partial charge in [0.2, 0.25) is 0 Å². The van der Waals surface area contributed by atoms with E-state index in [9.17, 15) is 23.8 Å². The van der Waals surface area contributed by atoms with E-state index in [2.05, 4.69) is 25.6 Å². The van der Waals surface area contributed by atoms with Gasteiger partial charge in [-0.2, -0.15) is 0 Å². The van der Waals surface area contributed by atoms with Gasteiger partial charge in [-0.3, -0.25) is 4.79 Å². The van der Waals surface area contributed by atoms with E-state index >= 15 is 0 Å². The molecule has 6 atom stereocenters. The van der Waals surface area contributed by atoms with Gasteiger partial charge in [0, 0.05) is 30.6 Å². The van der Waals surface area contributed by atoms with Crippen LogP contribution in [0.1, 0.15) is 57.1 Å². The van der Waals surface area contributed by atoms with Crippen LogP contribution in [0.5, 0.6) is 0 Å². The minimum Gasteiger partial charge on any atom is -0.459 e. The average molecular weight is 535 g/mol. The fraction of sp³-hybridized carbons (Fsp3) is 0.542. The van der Waals surface area contributed by atoms with E-state index < -0.39 is 42.0 Å². The summed E-state index contributed by atoms with van der Waals surface area (Å²) in [6.07, 6.45) is -1.45. The van der Waals surface area contributed by atoms with E-state index in [0.717, 1.165) is 18.2 Å². The van der Waals surface area contributed by atoms with E-state index in [-0.39, 0.29) is 24.8 Å². The van der Waals surface area contributed by atoms with Crippen molar-refractivity contribution in [2.75, 3.05) is 11.1 Å². The number of carbonyl (C=O) groups is 1. The number of rotatable bonds is 9. The highest BCUT2D eigenvalue weighted by Crippen LogP contribution is 2.44. The molecular formula is C24H28F2N6O4S. The van der Waals surface area contributed by atoms with Gasteiger partial charge in [0.15, 0.2) is 33.8 Å². The number of aromatic nitrogens is 5. The predicted octanol–water partition coefficient (Wildman–Crippen LogP) is 2.96. The number of carbonyl (C=O) groups excluding carboxylic acids is 1. The first-order chi connectivity index (χ1) is 17.8. The van der Waals surface area contributed by atoms with Crippen molar-refractivity contribution in [2.45, 2.75) is 81.0 Å². The Morgan fingerprint density at radius 1 is 1.19 bits per heavy atom. The van der Waals surface area contributed by atoms with Crippen LogP contribution in [0.25, 0.3) is 11.2 Å². The normalized spacial score (nSPS) is 27.0. The molecule has 3 aromatic rings. The molecule has 198 valence electrons. The molecule has 13 heteroatoms. The standard InChI is InChI=1S/C24H28F2N6O4S/c1-3-7-37-24-28-22(27-15-9-12(15)11-5-6-13(25)14(26)8-11)19-23(29-24)32(31-30-19)16-10-17(21(35)20(16)34)36-18(33)4-2/h5-6,8,12,15-17,20-21,34-35H,3-4,7,9-10H2,1-2H3,(H,27,28,29)/t12-,15+,16+,17-,20-,21+/m0/s1. The van der Waals surface area contributed by atoms with Crippen molar-refractivity contribution in [1.82, 2.24) is 25.0 Å². The second-order valence-electron chi connectivity index (χ2n) is 9.34. The summed E-state index contributed by atoms with van der Waals surface area (Å²) < 4.78 is 33.8. The lowest BCUT2D eigenvalue weighted by atomic mass is 10.1. The molecule has 2 aliphatic carbocycles. The number of halogens is 2. The van der Waals surface area contributed by atoms with Crippen LogP contribution < -0.4 is 5.32 Å². The van der Waals surface area contributed by atoms with Crippen molar-refractivity contribution in [2.24, 2.45) is 0 Å². The molecular weight excluding hydrogens is 506 g/mol.